The molecule has 0 rings (SSSR count). The molecule has 0 atom stereocenters. The molecule has 67 valence electrons. The van der Waals surface area contributed by atoms with Crippen LogP contribution in [0.1, 0.15) is 32.1 Å². The van der Waals surface area contributed by atoms with Crippen LogP contribution in [0.25, 0.3) is 0 Å². The minimum atomic E-state index is 0.893. The van der Waals surface area contributed by atoms with Crippen LogP contribution in [0.2, 0.25) is 0 Å². The van der Waals surface area contributed by atoms with Crippen LogP contribution >= 0.6 is 0 Å². The monoisotopic (exact) mass is 163 g/mol. The van der Waals surface area contributed by atoms with Crippen molar-refractivity contribution in [2.24, 2.45) is 0 Å². The maximum absolute atomic E-state index is 3.72. The molecule has 0 aromatic rings. The molecule has 0 aromatic carbocycles. The third-order valence-electron chi connectivity index (χ3n) is 1.55. The van der Waals surface area contributed by atoms with Crippen LogP contribution in [0.4, 0.5) is 0 Å². The van der Waals surface area contributed by atoms with Gasteiger partial charge in [-0.1, -0.05) is 30.4 Å². The Bertz CT molecular complexity index is 140. The van der Waals surface area contributed by atoms with E-state index in [0.717, 1.165) is 19.3 Å². The van der Waals surface area contributed by atoms with Crippen LogP contribution in [0.3, 0.4) is 0 Å². The summed E-state index contributed by atoms with van der Waals surface area (Å²) >= 11 is 0. The summed E-state index contributed by atoms with van der Waals surface area (Å²) in [6, 6.07) is 0. The highest BCUT2D eigenvalue weighted by atomic mass is 13.8. The Morgan fingerprint density at radius 2 is 1.67 bits per heavy atom. The van der Waals surface area contributed by atoms with Crippen molar-refractivity contribution in [2.75, 3.05) is 0 Å². The van der Waals surface area contributed by atoms with E-state index in [1.165, 1.54) is 12.8 Å². The van der Waals surface area contributed by atoms with Crippen molar-refractivity contribution < 1.29 is 0 Å². The molecule has 0 bridgehead atoms. The Morgan fingerprint density at radius 1 is 0.917 bits per heavy atom. The van der Waals surface area contributed by atoms with Gasteiger partial charge >= 0.3 is 0 Å². The quantitative estimate of drug-likeness (QED) is 0.392. The summed E-state index contributed by atoms with van der Waals surface area (Å²) in [4.78, 5) is 0. The van der Waals surface area contributed by atoms with Crippen molar-refractivity contribution in [3.05, 3.63) is 43.9 Å². The lowest BCUT2D eigenvalue weighted by Gasteiger charge is -1.88. The molecule has 0 spiro atoms. The van der Waals surface area contributed by atoms with Gasteiger partial charge in [-0.3, -0.25) is 0 Å². The highest BCUT2D eigenvalue weighted by Gasteiger charge is 1.77. The molecular formula is C12H19. The summed E-state index contributed by atoms with van der Waals surface area (Å²) in [5.41, 5.74) is 0. The third-order valence-corrected chi connectivity index (χ3v) is 1.55. The van der Waals surface area contributed by atoms with Crippen LogP contribution < -0.4 is 0 Å². The lowest BCUT2D eigenvalue weighted by Crippen LogP contribution is -1.67. The minimum absolute atomic E-state index is 0.893. The predicted molar refractivity (Wildman–Crippen MR) is 56.9 cm³/mol. The molecule has 0 amide bonds. The maximum atomic E-state index is 3.72. The third kappa shape index (κ3) is 9.22. The summed E-state index contributed by atoms with van der Waals surface area (Å²) in [6.45, 7) is 7.40. The van der Waals surface area contributed by atoms with Gasteiger partial charge in [-0.05, 0) is 39.0 Å². The summed E-state index contributed by atoms with van der Waals surface area (Å²) < 4.78 is 0. The summed E-state index contributed by atoms with van der Waals surface area (Å²) in [5.74, 6) is 0. The Labute approximate surface area is 76.7 Å². The molecule has 12 heavy (non-hydrogen) atoms. The van der Waals surface area contributed by atoms with Gasteiger partial charge in [0.25, 0.3) is 0 Å². The molecule has 0 aliphatic heterocycles. The van der Waals surface area contributed by atoms with Gasteiger partial charge in [0.15, 0.2) is 0 Å². The van der Waals surface area contributed by atoms with Crippen molar-refractivity contribution in [1.29, 1.82) is 0 Å². The average Bonchev–Trinajstić information content (AvgIpc) is 2.10. The van der Waals surface area contributed by atoms with E-state index in [9.17, 15) is 0 Å². The van der Waals surface area contributed by atoms with Gasteiger partial charge in [-0.2, -0.15) is 0 Å². The number of rotatable bonds is 7. The summed E-state index contributed by atoms with van der Waals surface area (Å²) in [5, 5.41) is 0. The summed E-state index contributed by atoms with van der Waals surface area (Å²) in [7, 11) is 0. The zero-order valence-electron chi connectivity index (χ0n) is 7.84. The molecule has 0 saturated carbocycles. The fourth-order valence-electron chi connectivity index (χ4n) is 0.887. The second-order valence-electron chi connectivity index (χ2n) is 2.69. The van der Waals surface area contributed by atoms with Crippen LogP contribution in [-0.4, -0.2) is 0 Å². The van der Waals surface area contributed by atoms with Crippen molar-refractivity contribution in [3.63, 3.8) is 0 Å². The maximum Gasteiger partial charge on any atom is -0.0169 e. The zero-order chi connectivity index (χ0) is 9.07. The molecule has 0 N–H and O–H groups in total. The smallest absolute Gasteiger partial charge is 0.0169 e. The van der Waals surface area contributed by atoms with Gasteiger partial charge < -0.3 is 0 Å². The van der Waals surface area contributed by atoms with E-state index in [-0.39, 0.29) is 0 Å². The lowest BCUT2D eigenvalue weighted by molar-refractivity contribution is 0.867. The lowest BCUT2D eigenvalue weighted by atomic mass is 10.2. The highest BCUT2D eigenvalue weighted by molar-refractivity contribution is 4.93. The van der Waals surface area contributed by atoms with E-state index in [1.807, 2.05) is 6.08 Å². The van der Waals surface area contributed by atoms with E-state index in [1.54, 1.807) is 0 Å². The molecule has 0 aliphatic carbocycles. The molecule has 0 heterocycles. The normalized spacial score (nSPS) is 11.4. The first-order valence-electron chi connectivity index (χ1n) is 4.62. The SMILES string of the molecule is [CH2]C/C=C/C/C=C/CCCC=C. The van der Waals surface area contributed by atoms with Gasteiger partial charge in [0.05, 0.1) is 0 Å². The standard InChI is InChI=1S/C12H19/c1-3-5-7-9-11-12-10-8-6-4-2/h3,6,8,11-12H,1-2,4-5,7,9-10H2/b8-6+,12-11+. The number of allylic oxidation sites excluding steroid dienone is 5. The number of hydrogen-bond acceptors (Lipinski definition) is 0. The molecule has 0 aromatic heterocycles. The molecule has 1 radical (unpaired) electrons. The van der Waals surface area contributed by atoms with Gasteiger partial charge in [0, 0.05) is 0 Å². The van der Waals surface area contributed by atoms with E-state index < -0.39 is 0 Å². The predicted octanol–water partition coefficient (Wildman–Crippen LogP) is 4.07. The van der Waals surface area contributed by atoms with E-state index in [4.69, 9.17) is 0 Å². The van der Waals surface area contributed by atoms with Crippen LogP contribution in [0.5, 0.6) is 0 Å². The van der Waals surface area contributed by atoms with Gasteiger partial charge in [-0.25, -0.2) is 0 Å². The van der Waals surface area contributed by atoms with E-state index in [0.29, 0.717) is 0 Å². The number of unbranched alkanes of at least 4 members (excludes halogenated alkanes) is 2. The molecule has 0 heteroatoms. The Kier molecular flexibility index (Phi) is 9.56. The molecule has 0 unspecified atom stereocenters. The molecule has 0 saturated heterocycles. The van der Waals surface area contributed by atoms with Gasteiger partial charge in [-0.15, -0.1) is 6.58 Å². The van der Waals surface area contributed by atoms with E-state index in [2.05, 4.69) is 37.8 Å². The van der Waals surface area contributed by atoms with Crippen LogP contribution in [-0.2, 0) is 0 Å². The van der Waals surface area contributed by atoms with Gasteiger partial charge in [0.1, 0.15) is 0 Å². The Balaban J connectivity index is 3.13. The first-order valence-corrected chi connectivity index (χ1v) is 4.62. The topological polar surface area (TPSA) is 0 Å². The molecule has 0 nitrogen and oxygen atoms in total. The zero-order valence-corrected chi connectivity index (χ0v) is 7.84. The summed E-state index contributed by atoms with van der Waals surface area (Å²) in [6.07, 6.45) is 16.1. The van der Waals surface area contributed by atoms with Crippen molar-refractivity contribution in [1.82, 2.24) is 0 Å². The second kappa shape index (κ2) is 10.2. The van der Waals surface area contributed by atoms with Gasteiger partial charge in [0.2, 0.25) is 0 Å². The fourth-order valence-corrected chi connectivity index (χ4v) is 0.887. The number of hydrogen-bond donors (Lipinski definition) is 0. The van der Waals surface area contributed by atoms with Crippen molar-refractivity contribution in [3.8, 4) is 0 Å². The molecular weight excluding hydrogens is 144 g/mol. The average molecular weight is 163 g/mol. The Morgan fingerprint density at radius 3 is 2.33 bits per heavy atom. The van der Waals surface area contributed by atoms with Crippen LogP contribution in [0.15, 0.2) is 37.0 Å². The van der Waals surface area contributed by atoms with E-state index >= 15 is 0 Å². The largest absolute Gasteiger partial charge is 0.103 e. The molecule has 0 aliphatic rings. The minimum Gasteiger partial charge on any atom is -0.103 e. The van der Waals surface area contributed by atoms with Crippen molar-refractivity contribution in [2.45, 2.75) is 32.1 Å². The fraction of sp³-hybridized carbons (Fsp3) is 0.417. The first kappa shape index (κ1) is 11.2. The van der Waals surface area contributed by atoms with Crippen LogP contribution in [0, 0.1) is 6.92 Å². The second-order valence-corrected chi connectivity index (χ2v) is 2.69. The van der Waals surface area contributed by atoms with Crippen molar-refractivity contribution >= 4 is 0 Å². The first-order chi connectivity index (χ1) is 5.91. The molecule has 0 fully saturated rings. The highest BCUT2D eigenvalue weighted by Crippen LogP contribution is 1.98. The Hall–Kier alpha value is -0.780.